The molecular formula is C14H34O3Si3. The summed E-state index contributed by atoms with van der Waals surface area (Å²) >= 11 is 0. The third-order valence-electron chi connectivity index (χ3n) is 3.26. The van der Waals surface area contributed by atoms with E-state index in [0.29, 0.717) is 6.42 Å². The number of unbranched alkanes of at least 4 members (excludes halogenated alkanes) is 1. The van der Waals surface area contributed by atoms with Crippen LogP contribution in [0.5, 0.6) is 0 Å². The first-order chi connectivity index (χ1) is 8.89. The lowest BCUT2D eigenvalue weighted by Crippen LogP contribution is -2.52. The van der Waals surface area contributed by atoms with Crippen molar-refractivity contribution >= 4 is 31.0 Å². The van der Waals surface area contributed by atoms with E-state index < -0.39 is 25.2 Å². The normalized spacial score (nSPS) is 13.6. The Balaban J connectivity index is 4.52. The van der Waals surface area contributed by atoms with Crippen LogP contribution in [-0.2, 0) is 13.0 Å². The topological polar surface area (TPSA) is 35.5 Å². The van der Waals surface area contributed by atoms with Crippen LogP contribution >= 0.6 is 0 Å². The number of hydrogen-bond donors (Lipinski definition) is 0. The van der Waals surface area contributed by atoms with Crippen LogP contribution in [-0.4, -0.2) is 31.0 Å². The Kier molecular flexibility index (Phi) is 8.12. The first-order valence-corrected chi connectivity index (χ1v) is 16.8. The molecule has 0 aromatic rings. The smallest absolute Gasteiger partial charge is 0.311 e. The lowest BCUT2D eigenvalue weighted by molar-refractivity contribution is -0.116. The number of hydrogen-bond acceptors (Lipinski definition) is 3. The minimum atomic E-state index is -2.08. The number of rotatable bonds is 10. The predicted octanol–water partition coefficient (Wildman–Crippen LogP) is 4.91. The number of carbonyl (C=O) groups is 1. The van der Waals surface area contributed by atoms with Gasteiger partial charge in [-0.3, -0.25) is 0 Å². The Hall–Kier alpha value is 0.241. The molecule has 0 N–H and O–H groups in total. The monoisotopic (exact) mass is 334 g/mol. The molecule has 0 atom stereocenters. The maximum atomic E-state index is 11.2. The Morgan fingerprint density at radius 2 is 1.35 bits per heavy atom. The summed E-state index contributed by atoms with van der Waals surface area (Å²) in [5.41, 5.74) is 0. The lowest BCUT2D eigenvalue weighted by Gasteiger charge is -2.38. The molecule has 0 saturated carbocycles. The molecule has 120 valence electrons. The highest BCUT2D eigenvalue weighted by Crippen LogP contribution is 2.26. The average molecular weight is 335 g/mol. The fraction of sp³-hybridized carbons (Fsp3) is 0.929. The van der Waals surface area contributed by atoms with Crippen LogP contribution in [0.15, 0.2) is 0 Å². The SMILES string of the molecule is CCCC[Si](C)(C)O[Si](C)(C)O[Si](C)(C)CCC(C)=O. The fourth-order valence-electron chi connectivity index (χ4n) is 2.53. The van der Waals surface area contributed by atoms with Crippen LogP contribution in [0.3, 0.4) is 0 Å². The van der Waals surface area contributed by atoms with Gasteiger partial charge < -0.3 is 13.0 Å². The third-order valence-corrected chi connectivity index (χ3v) is 14.6. The standard InChI is InChI=1S/C14H34O3Si3/c1-9-10-12-18(3,4)16-20(7,8)17-19(5,6)13-11-14(2)15/h9-13H2,1-8H3. The number of ketones is 1. The summed E-state index contributed by atoms with van der Waals surface area (Å²) in [5, 5.41) is 0. The summed E-state index contributed by atoms with van der Waals surface area (Å²) in [4.78, 5) is 11.2. The van der Waals surface area contributed by atoms with Crippen LogP contribution in [0, 0.1) is 0 Å². The van der Waals surface area contributed by atoms with Gasteiger partial charge in [-0.15, -0.1) is 0 Å². The van der Waals surface area contributed by atoms with Crippen molar-refractivity contribution in [3.8, 4) is 0 Å². The van der Waals surface area contributed by atoms with E-state index >= 15 is 0 Å². The van der Waals surface area contributed by atoms with E-state index in [9.17, 15) is 4.79 Å². The van der Waals surface area contributed by atoms with Crippen molar-refractivity contribution in [2.75, 3.05) is 0 Å². The van der Waals surface area contributed by atoms with E-state index in [0.717, 1.165) is 6.04 Å². The molecule has 0 aromatic heterocycles. The summed E-state index contributed by atoms with van der Waals surface area (Å²) in [6, 6.07) is 2.11. The van der Waals surface area contributed by atoms with Gasteiger partial charge in [0.25, 0.3) is 0 Å². The van der Waals surface area contributed by atoms with Gasteiger partial charge in [-0.1, -0.05) is 19.8 Å². The van der Waals surface area contributed by atoms with Crippen LogP contribution in [0.4, 0.5) is 0 Å². The summed E-state index contributed by atoms with van der Waals surface area (Å²) in [6.45, 7) is 17.2. The minimum absolute atomic E-state index is 0.257. The lowest BCUT2D eigenvalue weighted by atomic mass is 10.4. The van der Waals surface area contributed by atoms with E-state index in [1.54, 1.807) is 6.92 Å². The molecule has 3 nitrogen and oxygen atoms in total. The van der Waals surface area contributed by atoms with Crippen molar-refractivity contribution in [1.29, 1.82) is 0 Å². The van der Waals surface area contributed by atoms with Crippen LogP contribution in [0.25, 0.3) is 0 Å². The van der Waals surface area contributed by atoms with Crippen LogP contribution < -0.4 is 0 Å². The summed E-state index contributed by atoms with van der Waals surface area (Å²) in [6.07, 6.45) is 3.11. The van der Waals surface area contributed by atoms with Crippen molar-refractivity contribution in [1.82, 2.24) is 0 Å². The van der Waals surface area contributed by atoms with Crippen molar-refractivity contribution in [3.05, 3.63) is 0 Å². The van der Waals surface area contributed by atoms with E-state index in [4.69, 9.17) is 8.23 Å². The zero-order valence-electron chi connectivity index (χ0n) is 14.8. The first-order valence-electron chi connectivity index (χ1n) is 7.79. The molecular weight excluding hydrogens is 300 g/mol. The molecule has 20 heavy (non-hydrogen) atoms. The summed E-state index contributed by atoms with van der Waals surface area (Å²) < 4.78 is 12.9. The zero-order valence-corrected chi connectivity index (χ0v) is 17.8. The Labute approximate surface area is 129 Å². The Morgan fingerprint density at radius 3 is 1.75 bits per heavy atom. The van der Waals surface area contributed by atoms with Gasteiger partial charge in [-0.25, -0.2) is 0 Å². The molecule has 0 bridgehead atoms. The Bertz CT molecular complexity index is 315. The van der Waals surface area contributed by atoms with Gasteiger partial charge in [0.1, 0.15) is 5.78 Å². The molecule has 0 fully saturated rings. The highest BCUT2D eigenvalue weighted by Gasteiger charge is 2.39. The van der Waals surface area contributed by atoms with E-state index in [2.05, 4.69) is 46.2 Å². The summed E-state index contributed by atoms with van der Waals surface area (Å²) in [7, 11) is -5.49. The van der Waals surface area contributed by atoms with E-state index in [1.807, 2.05) is 0 Å². The molecule has 0 rings (SSSR count). The number of carbonyl (C=O) groups excluding carboxylic acids is 1. The van der Waals surface area contributed by atoms with Crippen molar-refractivity contribution in [2.45, 2.75) is 84.5 Å². The first kappa shape index (κ1) is 20.2. The molecule has 0 spiro atoms. The number of Topliss-reactive ketones (excluding diaryl/α,β-unsaturated/α-hetero) is 1. The second-order valence-electron chi connectivity index (χ2n) is 7.43. The molecule has 6 heteroatoms. The molecule has 0 unspecified atom stereocenters. The van der Waals surface area contributed by atoms with Crippen molar-refractivity contribution in [3.63, 3.8) is 0 Å². The molecule has 0 aliphatic heterocycles. The van der Waals surface area contributed by atoms with Crippen molar-refractivity contribution < 1.29 is 13.0 Å². The zero-order chi connectivity index (χ0) is 16.0. The fourth-order valence-corrected chi connectivity index (χ4v) is 16.7. The highest BCUT2D eigenvalue weighted by molar-refractivity contribution is 6.87. The van der Waals surface area contributed by atoms with Gasteiger partial charge in [0.15, 0.2) is 16.6 Å². The Morgan fingerprint density at radius 1 is 0.900 bits per heavy atom. The maximum absolute atomic E-state index is 11.2. The molecule has 0 radical (unpaired) electrons. The third kappa shape index (κ3) is 10.0. The largest absolute Gasteiger partial charge is 0.437 e. The molecule has 0 aliphatic carbocycles. The average Bonchev–Trinajstić information content (AvgIpc) is 2.20. The minimum Gasteiger partial charge on any atom is -0.437 e. The van der Waals surface area contributed by atoms with Gasteiger partial charge in [-0.05, 0) is 58.3 Å². The molecule has 0 heterocycles. The van der Waals surface area contributed by atoms with Crippen molar-refractivity contribution in [2.24, 2.45) is 0 Å². The van der Waals surface area contributed by atoms with Crippen LogP contribution in [0.2, 0.25) is 51.4 Å². The van der Waals surface area contributed by atoms with Gasteiger partial charge in [-0.2, -0.15) is 0 Å². The second kappa shape index (κ2) is 8.03. The maximum Gasteiger partial charge on any atom is 0.311 e. The molecule has 0 amide bonds. The van der Waals surface area contributed by atoms with Gasteiger partial charge >= 0.3 is 8.56 Å². The molecule has 0 aliphatic rings. The second-order valence-corrected chi connectivity index (χ2v) is 19.9. The quantitative estimate of drug-likeness (QED) is 0.532. The molecule has 0 saturated heterocycles. The van der Waals surface area contributed by atoms with Gasteiger partial charge in [0.2, 0.25) is 0 Å². The van der Waals surface area contributed by atoms with E-state index in [1.165, 1.54) is 18.9 Å². The van der Waals surface area contributed by atoms with Crippen LogP contribution in [0.1, 0.15) is 33.1 Å². The highest BCUT2D eigenvalue weighted by atomic mass is 28.5. The predicted molar refractivity (Wildman–Crippen MR) is 94.4 cm³/mol. The molecule has 0 aromatic carbocycles. The van der Waals surface area contributed by atoms with Gasteiger partial charge in [0, 0.05) is 6.42 Å². The van der Waals surface area contributed by atoms with Gasteiger partial charge in [0.05, 0.1) is 0 Å². The summed E-state index contributed by atoms with van der Waals surface area (Å²) in [5.74, 6) is 0.257. The van der Waals surface area contributed by atoms with E-state index in [-0.39, 0.29) is 5.78 Å².